The minimum absolute atomic E-state index is 0.148. The first-order valence-corrected chi connectivity index (χ1v) is 10.4. The lowest BCUT2D eigenvalue weighted by atomic mass is 9.85. The number of esters is 1. The number of imide groups is 1. The van der Waals surface area contributed by atoms with Gasteiger partial charge in [-0.1, -0.05) is 42.5 Å². The summed E-state index contributed by atoms with van der Waals surface area (Å²) >= 11 is 0. The van der Waals surface area contributed by atoms with Crippen molar-refractivity contribution in [3.05, 3.63) is 77.9 Å². The molecule has 2 aliphatic carbocycles. The number of ketones is 1. The van der Waals surface area contributed by atoms with Crippen molar-refractivity contribution < 1.29 is 23.9 Å². The van der Waals surface area contributed by atoms with Gasteiger partial charge in [0.15, 0.2) is 6.10 Å². The predicted octanol–water partition coefficient (Wildman–Crippen LogP) is 3.43. The molecule has 31 heavy (non-hydrogen) atoms. The molecule has 2 bridgehead atoms. The van der Waals surface area contributed by atoms with Gasteiger partial charge in [0, 0.05) is 5.56 Å². The predicted molar refractivity (Wildman–Crippen MR) is 112 cm³/mol. The third-order valence-corrected chi connectivity index (χ3v) is 6.54. The zero-order valence-corrected chi connectivity index (χ0v) is 16.9. The fraction of sp³-hybridized carbons (Fsp3) is 0.280. The molecule has 0 aromatic heterocycles. The van der Waals surface area contributed by atoms with Crippen LogP contribution in [0.1, 0.15) is 34.1 Å². The Kier molecular flexibility index (Phi) is 4.58. The highest BCUT2D eigenvalue weighted by atomic mass is 16.5. The van der Waals surface area contributed by atoms with Crippen LogP contribution in [0.4, 0.5) is 5.69 Å². The summed E-state index contributed by atoms with van der Waals surface area (Å²) in [5, 5.41) is 0. The van der Waals surface area contributed by atoms with Crippen LogP contribution >= 0.6 is 0 Å². The van der Waals surface area contributed by atoms with Gasteiger partial charge < -0.3 is 4.74 Å². The summed E-state index contributed by atoms with van der Waals surface area (Å²) < 4.78 is 5.31. The molecule has 3 aliphatic rings. The molecule has 1 aliphatic heterocycles. The smallest absolute Gasteiger partial charge is 0.338 e. The third-order valence-electron chi connectivity index (χ3n) is 6.54. The van der Waals surface area contributed by atoms with Crippen LogP contribution < -0.4 is 4.90 Å². The highest BCUT2D eigenvalue weighted by Crippen LogP contribution is 2.53. The number of anilines is 1. The highest BCUT2D eigenvalue weighted by Gasteiger charge is 2.59. The molecule has 156 valence electrons. The van der Waals surface area contributed by atoms with Crippen LogP contribution in [0.25, 0.3) is 0 Å². The molecular formula is C25H21NO5. The quantitative estimate of drug-likeness (QED) is 0.324. The number of benzene rings is 2. The number of carbonyl (C=O) groups excluding carboxylic acids is 4. The van der Waals surface area contributed by atoms with Crippen molar-refractivity contribution in [1.29, 1.82) is 0 Å². The van der Waals surface area contributed by atoms with Crippen molar-refractivity contribution in [3.8, 4) is 0 Å². The number of allylic oxidation sites excluding steroid dienone is 2. The van der Waals surface area contributed by atoms with Gasteiger partial charge in [-0.15, -0.1) is 0 Å². The summed E-state index contributed by atoms with van der Waals surface area (Å²) in [6, 6.07) is 14.8. The Morgan fingerprint density at radius 2 is 1.45 bits per heavy atom. The number of hydrogen-bond acceptors (Lipinski definition) is 5. The minimum atomic E-state index is -0.932. The summed E-state index contributed by atoms with van der Waals surface area (Å²) in [4.78, 5) is 51.9. The molecule has 6 heteroatoms. The Morgan fingerprint density at radius 3 is 2.03 bits per heavy atom. The first-order valence-electron chi connectivity index (χ1n) is 10.4. The van der Waals surface area contributed by atoms with E-state index in [2.05, 4.69) is 12.2 Å². The van der Waals surface area contributed by atoms with Crippen LogP contribution in [0.2, 0.25) is 0 Å². The number of Topliss-reactive ketones (excluding diaryl/α,β-unsaturated/α-hetero) is 1. The van der Waals surface area contributed by atoms with Crippen LogP contribution in [0.15, 0.2) is 66.7 Å². The molecule has 0 spiro atoms. The molecule has 0 N–H and O–H groups in total. The van der Waals surface area contributed by atoms with Gasteiger partial charge in [-0.3, -0.25) is 19.3 Å². The molecule has 2 aromatic carbocycles. The van der Waals surface area contributed by atoms with Crippen LogP contribution in [-0.4, -0.2) is 29.7 Å². The Morgan fingerprint density at radius 1 is 0.871 bits per heavy atom. The molecule has 2 fully saturated rings. The van der Waals surface area contributed by atoms with E-state index in [0.29, 0.717) is 11.3 Å². The normalized spacial score (nSPS) is 26.8. The first-order chi connectivity index (χ1) is 15.0. The Balaban J connectivity index is 1.28. The zero-order chi connectivity index (χ0) is 21.7. The largest absolute Gasteiger partial charge is 0.451 e. The summed E-state index contributed by atoms with van der Waals surface area (Å²) in [5.74, 6) is -1.48. The maximum Gasteiger partial charge on any atom is 0.338 e. The first kappa shape index (κ1) is 19.4. The van der Waals surface area contributed by atoms with E-state index < -0.39 is 12.1 Å². The molecule has 5 atom stereocenters. The van der Waals surface area contributed by atoms with E-state index in [-0.39, 0.29) is 46.8 Å². The van der Waals surface area contributed by atoms with E-state index in [1.807, 2.05) is 0 Å². The zero-order valence-electron chi connectivity index (χ0n) is 16.9. The van der Waals surface area contributed by atoms with Crippen molar-refractivity contribution in [2.45, 2.75) is 19.4 Å². The van der Waals surface area contributed by atoms with Gasteiger partial charge in [0.25, 0.3) is 0 Å². The maximum atomic E-state index is 12.9. The summed E-state index contributed by atoms with van der Waals surface area (Å²) in [6.07, 6.45) is 4.05. The molecule has 2 amide bonds. The second-order valence-corrected chi connectivity index (χ2v) is 8.34. The molecule has 2 aromatic rings. The molecule has 1 heterocycles. The third kappa shape index (κ3) is 3.10. The van der Waals surface area contributed by atoms with Crippen molar-refractivity contribution in [2.75, 3.05) is 4.90 Å². The van der Waals surface area contributed by atoms with Crippen molar-refractivity contribution in [1.82, 2.24) is 0 Å². The molecule has 0 radical (unpaired) electrons. The van der Waals surface area contributed by atoms with E-state index in [1.165, 1.54) is 24.0 Å². The van der Waals surface area contributed by atoms with Crippen LogP contribution in [0.5, 0.6) is 0 Å². The number of hydrogen-bond donors (Lipinski definition) is 0. The minimum Gasteiger partial charge on any atom is -0.451 e. The fourth-order valence-electron chi connectivity index (χ4n) is 5.02. The Bertz CT molecular complexity index is 1070. The van der Waals surface area contributed by atoms with E-state index in [4.69, 9.17) is 4.74 Å². The van der Waals surface area contributed by atoms with E-state index in [9.17, 15) is 19.2 Å². The van der Waals surface area contributed by atoms with Gasteiger partial charge >= 0.3 is 5.97 Å². The summed E-state index contributed by atoms with van der Waals surface area (Å²) in [6.45, 7) is 1.53. The van der Waals surface area contributed by atoms with Gasteiger partial charge in [-0.05, 0) is 49.4 Å². The monoisotopic (exact) mass is 415 g/mol. The van der Waals surface area contributed by atoms with Gasteiger partial charge in [-0.25, -0.2) is 4.79 Å². The van der Waals surface area contributed by atoms with Crippen molar-refractivity contribution in [3.63, 3.8) is 0 Å². The molecule has 0 unspecified atom stereocenters. The SMILES string of the molecule is C[C@@H](OC(=O)c1ccc(N2C(=O)[C@@H]3[C@@H](C2=O)[C@H]2C=C[C@H]3C2)cc1)C(=O)c1ccccc1. The second-order valence-electron chi connectivity index (χ2n) is 8.34. The average Bonchev–Trinajstić information content (AvgIpc) is 3.47. The molecule has 5 rings (SSSR count). The lowest BCUT2D eigenvalue weighted by Gasteiger charge is -2.18. The Hall–Kier alpha value is -3.54. The number of nitrogens with zero attached hydrogens (tertiary/aromatic N) is 1. The maximum absolute atomic E-state index is 12.9. The molecule has 1 saturated carbocycles. The highest BCUT2D eigenvalue weighted by molar-refractivity contribution is 6.22. The van der Waals surface area contributed by atoms with Crippen LogP contribution in [0.3, 0.4) is 0 Å². The lowest BCUT2D eigenvalue weighted by molar-refractivity contribution is -0.123. The number of carbonyl (C=O) groups is 4. The van der Waals surface area contributed by atoms with E-state index in [0.717, 1.165) is 6.42 Å². The summed E-state index contributed by atoms with van der Waals surface area (Å²) in [5.41, 5.74) is 1.17. The lowest BCUT2D eigenvalue weighted by Crippen LogP contribution is -2.32. The number of ether oxygens (including phenoxy) is 1. The van der Waals surface area contributed by atoms with E-state index in [1.54, 1.807) is 42.5 Å². The van der Waals surface area contributed by atoms with E-state index >= 15 is 0 Å². The second kappa shape index (κ2) is 7.30. The number of fused-ring (bicyclic) bond motifs is 5. The van der Waals surface area contributed by atoms with Gasteiger partial charge in [0.1, 0.15) is 0 Å². The molecule has 1 saturated heterocycles. The van der Waals surface area contributed by atoms with Gasteiger partial charge in [0.05, 0.1) is 23.1 Å². The standard InChI is InChI=1S/C25H21NO5/c1-14(22(27)15-5-3-2-4-6-15)31-25(30)16-9-11-19(12-10-16)26-23(28)20-17-7-8-18(13-17)21(20)24(26)29/h2-12,14,17-18,20-21H,13H2,1H3/t14-,17+,18+,20+,21+/m1/s1. The Labute approximate surface area is 179 Å². The van der Waals surface area contributed by atoms with Crippen molar-refractivity contribution >= 4 is 29.3 Å². The van der Waals surface area contributed by atoms with Crippen molar-refractivity contribution in [2.24, 2.45) is 23.7 Å². The van der Waals surface area contributed by atoms with Gasteiger partial charge in [-0.2, -0.15) is 0 Å². The van der Waals surface area contributed by atoms with Crippen LogP contribution in [-0.2, 0) is 14.3 Å². The topological polar surface area (TPSA) is 80.8 Å². The molecule has 6 nitrogen and oxygen atoms in total. The average molecular weight is 415 g/mol. The number of rotatable bonds is 5. The fourth-order valence-corrected chi connectivity index (χ4v) is 5.02. The van der Waals surface area contributed by atoms with Crippen LogP contribution in [0, 0.1) is 23.7 Å². The summed E-state index contributed by atoms with van der Waals surface area (Å²) in [7, 11) is 0. The number of amides is 2. The molecular weight excluding hydrogens is 394 g/mol. The van der Waals surface area contributed by atoms with Gasteiger partial charge in [0.2, 0.25) is 17.6 Å².